The number of urea groups is 1. The molecular weight excluding hydrogens is 466 g/mol. The van der Waals surface area contributed by atoms with Crippen LogP contribution in [0.1, 0.15) is 59.8 Å². The highest BCUT2D eigenvalue weighted by Crippen LogP contribution is 2.36. The zero-order valence-corrected chi connectivity index (χ0v) is 19.2. The molecule has 6 nitrogen and oxygen atoms in total. The topological polar surface area (TPSA) is 73.7 Å². The molecule has 4 rings (SSSR count). The summed E-state index contributed by atoms with van der Waals surface area (Å²) in [6.07, 6.45) is 0.175. The Kier molecular flexibility index (Phi) is 7.28. The number of carbonyl (C=O) groups is 2. The molecule has 2 amide bonds. The van der Waals surface area contributed by atoms with E-state index in [0.29, 0.717) is 38.1 Å². The first-order valence-corrected chi connectivity index (χ1v) is 11.7. The van der Waals surface area contributed by atoms with Crippen molar-refractivity contribution in [2.45, 2.75) is 57.2 Å². The quantitative estimate of drug-likeness (QED) is 0.525. The van der Waals surface area contributed by atoms with Crippen molar-refractivity contribution in [2.75, 3.05) is 19.6 Å². The number of alkyl halides is 3. The molecule has 1 aliphatic carbocycles. The van der Waals surface area contributed by atoms with Crippen LogP contribution in [0.3, 0.4) is 0 Å². The van der Waals surface area contributed by atoms with E-state index in [1.54, 1.807) is 4.90 Å². The van der Waals surface area contributed by atoms with Crippen LogP contribution in [-0.4, -0.2) is 51.5 Å². The Morgan fingerprint density at radius 3 is 2.63 bits per heavy atom. The van der Waals surface area contributed by atoms with Crippen LogP contribution in [0.4, 0.5) is 22.4 Å². The number of pyridine rings is 1. The summed E-state index contributed by atoms with van der Waals surface area (Å²) in [6.45, 7) is 0.928. The van der Waals surface area contributed by atoms with Crippen molar-refractivity contribution in [1.82, 2.24) is 14.8 Å². The van der Waals surface area contributed by atoms with Gasteiger partial charge in [0.25, 0.3) is 0 Å². The minimum atomic E-state index is -4.93. The number of rotatable bonds is 8. The van der Waals surface area contributed by atoms with E-state index in [1.807, 2.05) is 6.07 Å². The van der Waals surface area contributed by atoms with Gasteiger partial charge in [-0.1, -0.05) is 12.1 Å². The molecular formula is C25H27F4N3O3. The number of halogens is 4. The van der Waals surface area contributed by atoms with Gasteiger partial charge in [0.05, 0.1) is 18.0 Å². The average molecular weight is 494 g/mol. The van der Waals surface area contributed by atoms with Gasteiger partial charge in [0.1, 0.15) is 5.82 Å². The number of carboxylic acids is 1. The van der Waals surface area contributed by atoms with Crippen LogP contribution in [0.2, 0.25) is 0 Å². The van der Waals surface area contributed by atoms with E-state index >= 15 is 0 Å². The maximum atomic E-state index is 13.7. The van der Waals surface area contributed by atoms with Crippen molar-refractivity contribution in [1.29, 1.82) is 0 Å². The number of aromatic nitrogens is 1. The Bertz CT molecular complexity index is 1110. The van der Waals surface area contributed by atoms with Crippen LogP contribution in [0, 0.1) is 5.82 Å². The summed E-state index contributed by atoms with van der Waals surface area (Å²) in [4.78, 5) is 32.1. The lowest BCUT2D eigenvalue weighted by Gasteiger charge is -2.28. The summed E-state index contributed by atoms with van der Waals surface area (Å²) >= 11 is 0. The van der Waals surface area contributed by atoms with Crippen LogP contribution in [-0.2, 0) is 30.2 Å². The van der Waals surface area contributed by atoms with Gasteiger partial charge in [0.15, 0.2) is 0 Å². The summed E-state index contributed by atoms with van der Waals surface area (Å²) in [6, 6.07) is 4.93. The fraction of sp³-hybridized carbons (Fsp3) is 0.480. The molecule has 0 spiro atoms. The lowest BCUT2D eigenvalue weighted by atomic mass is 9.95. The number of carbonyl (C=O) groups excluding carboxylic acids is 1. The fourth-order valence-electron chi connectivity index (χ4n) is 4.86. The number of carboxylic acid groups (broad SMARTS) is 1. The Morgan fingerprint density at radius 2 is 1.89 bits per heavy atom. The molecule has 1 unspecified atom stereocenters. The first-order valence-electron chi connectivity index (χ1n) is 11.7. The predicted octanol–water partition coefficient (Wildman–Crippen LogP) is 5.00. The molecule has 1 N–H and O–H groups in total. The minimum Gasteiger partial charge on any atom is -0.481 e. The molecule has 1 aromatic carbocycles. The number of hydrogen-bond donors (Lipinski definition) is 1. The van der Waals surface area contributed by atoms with E-state index in [4.69, 9.17) is 4.98 Å². The summed E-state index contributed by atoms with van der Waals surface area (Å²) in [5.74, 6) is -2.71. The molecule has 35 heavy (non-hydrogen) atoms. The van der Waals surface area contributed by atoms with E-state index < -0.39 is 42.0 Å². The molecule has 1 saturated heterocycles. The van der Waals surface area contributed by atoms with Crippen LogP contribution < -0.4 is 0 Å². The largest absolute Gasteiger partial charge is 0.481 e. The minimum absolute atomic E-state index is 0.0606. The number of hydrogen-bond acceptors (Lipinski definition) is 3. The predicted molar refractivity (Wildman–Crippen MR) is 119 cm³/mol. The molecule has 1 aliphatic heterocycles. The number of aryl methyl sites for hydroxylation is 3. The Hall–Kier alpha value is -3.17. The highest BCUT2D eigenvalue weighted by molar-refractivity contribution is 5.78. The van der Waals surface area contributed by atoms with Crippen LogP contribution in [0.15, 0.2) is 30.3 Å². The van der Waals surface area contributed by atoms with Crippen LogP contribution >= 0.6 is 0 Å². The maximum Gasteiger partial charge on any atom is 0.419 e. The van der Waals surface area contributed by atoms with E-state index in [9.17, 15) is 32.3 Å². The molecule has 0 bridgehead atoms. The molecule has 1 fully saturated rings. The molecule has 0 saturated carbocycles. The van der Waals surface area contributed by atoms with Gasteiger partial charge in [-0.25, -0.2) is 9.18 Å². The van der Waals surface area contributed by atoms with Crippen molar-refractivity contribution >= 4 is 12.0 Å². The zero-order valence-electron chi connectivity index (χ0n) is 19.2. The smallest absolute Gasteiger partial charge is 0.419 e. The second kappa shape index (κ2) is 10.2. The lowest BCUT2D eigenvalue weighted by molar-refractivity contribution is -0.140. The fourth-order valence-corrected chi connectivity index (χ4v) is 4.86. The normalized spacial score (nSPS) is 17.0. The number of nitrogens with zero attached hydrogens (tertiary/aromatic N) is 3. The highest BCUT2D eigenvalue weighted by atomic mass is 19.4. The van der Waals surface area contributed by atoms with Gasteiger partial charge < -0.3 is 14.9 Å². The molecule has 188 valence electrons. The highest BCUT2D eigenvalue weighted by Gasteiger charge is 2.38. The third-order valence-corrected chi connectivity index (χ3v) is 6.65. The Labute approximate surface area is 200 Å². The molecule has 2 aliphatic rings. The summed E-state index contributed by atoms with van der Waals surface area (Å²) in [5.41, 5.74) is 1.86. The zero-order chi connectivity index (χ0) is 25.2. The van der Waals surface area contributed by atoms with Gasteiger partial charge in [-0.2, -0.15) is 13.2 Å². The SMILES string of the molecule is O=C(O)CC(c1ccc(F)c(C(F)(F)F)c1)N1CCN(CCCc2ccc3c(n2)CCCC3)C1=O. The third-order valence-electron chi connectivity index (χ3n) is 6.65. The second-order valence-corrected chi connectivity index (χ2v) is 9.03. The lowest BCUT2D eigenvalue weighted by Crippen LogP contribution is -2.36. The average Bonchev–Trinajstić information content (AvgIpc) is 3.17. The third kappa shape index (κ3) is 5.74. The summed E-state index contributed by atoms with van der Waals surface area (Å²) < 4.78 is 53.3. The van der Waals surface area contributed by atoms with Crippen molar-refractivity contribution in [2.24, 2.45) is 0 Å². The van der Waals surface area contributed by atoms with Gasteiger partial charge in [0, 0.05) is 31.0 Å². The number of aliphatic carboxylic acids is 1. The van der Waals surface area contributed by atoms with E-state index in [2.05, 4.69) is 6.07 Å². The van der Waals surface area contributed by atoms with E-state index in [-0.39, 0.29) is 12.1 Å². The number of amides is 2. The molecule has 0 radical (unpaired) electrons. The van der Waals surface area contributed by atoms with Gasteiger partial charge in [-0.15, -0.1) is 0 Å². The van der Waals surface area contributed by atoms with E-state index in [0.717, 1.165) is 36.7 Å². The number of fused-ring (bicyclic) bond motifs is 1. The van der Waals surface area contributed by atoms with Crippen LogP contribution in [0.5, 0.6) is 0 Å². The van der Waals surface area contributed by atoms with Gasteiger partial charge >= 0.3 is 18.2 Å². The van der Waals surface area contributed by atoms with Crippen molar-refractivity contribution in [3.05, 3.63) is 64.2 Å². The first-order chi connectivity index (χ1) is 16.6. The summed E-state index contributed by atoms with van der Waals surface area (Å²) in [5, 5.41) is 9.34. The molecule has 10 heteroatoms. The van der Waals surface area contributed by atoms with Gasteiger partial charge in [-0.3, -0.25) is 9.78 Å². The standard InChI is InChI=1S/C25H27F4N3O3/c26-20-10-8-17(14-19(20)25(27,28)29)22(15-23(33)34)32-13-12-31(24(32)35)11-3-5-18-9-7-16-4-1-2-6-21(16)30-18/h7-10,14,22H,1-6,11-13,15H2,(H,33,34). The molecule has 2 aromatic rings. The molecule has 1 atom stereocenters. The maximum absolute atomic E-state index is 13.7. The second-order valence-electron chi connectivity index (χ2n) is 9.03. The number of benzene rings is 1. The Balaban J connectivity index is 1.43. The van der Waals surface area contributed by atoms with Crippen molar-refractivity contribution in [3.63, 3.8) is 0 Å². The van der Waals surface area contributed by atoms with Crippen LogP contribution in [0.25, 0.3) is 0 Å². The first kappa shape index (κ1) is 24.9. The summed E-state index contributed by atoms with van der Waals surface area (Å²) in [7, 11) is 0. The Morgan fingerprint density at radius 1 is 1.11 bits per heavy atom. The van der Waals surface area contributed by atoms with Gasteiger partial charge in [-0.05, 0) is 67.9 Å². The van der Waals surface area contributed by atoms with Gasteiger partial charge in [0.2, 0.25) is 0 Å². The molecule has 1 aromatic heterocycles. The molecule has 2 heterocycles. The monoisotopic (exact) mass is 493 g/mol. The van der Waals surface area contributed by atoms with Crippen molar-refractivity contribution < 1.29 is 32.3 Å². The van der Waals surface area contributed by atoms with E-state index in [1.165, 1.54) is 16.9 Å². The van der Waals surface area contributed by atoms with Crippen molar-refractivity contribution in [3.8, 4) is 0 Å².